The van der Waals surface area contributed by atoms with Crippen LogP contribution in [0.25, 0.3) is 21.5 Å². The number of benzene rings is 1. The Hall–Kier alpha value is -1.78. The third-order valence-corrected chi connectivity index (χ3v) is 5.52. The van der Waals surface area contributed by atoms with Crippen LogP contribution in [0.4, 0.5) is 0 Å². The van der Waals surface area contributed by atoms with Crippen LogP contribution in [0.2, 0.25) is 5.02 Å². The van der Waals surface area contributed by atoms with Crippen molar-refractivity contribution in [1.82, 2.24) is 9.47 Å². The van der Waals surface area contributed by atoms with Crippen molar-refractivity contribution in [3.63, 3.8) is 0 Å². The van der Waals surface area contributed by atoms with E-state index in [9.17, 15) is 4.79 Å². The number of nitrogens with zero attached hydrogens (tertiary/aromatic N) is 2. The molecule has 1 aliphatic rings. The molecule has 1 aliphatic heterocycles. The van der Waals surface area contributed by atoms with Crippen LogP contribution in [-0.2, 0) is 11.3 Å². The summed E-state index contributed by atoms with van der Waals surface area (Å²) in [5.74, 6) is 0.202. The fourth-order valence-corrected chi connectivity index (χ4v) is 4.17. The van der Waals surface area contributed by atoms with Gasteiger partial charge in [0.05, 0.1) is 10.6 Å². The predicted molar refractivity (Wildman–Crippen MR) is 96.1 cm³/mol. The molecule has 0 bridgehead atoms. The standard InChI is InChI=1S/C18H17ClN2OS/c19-14-5-6-15-13(10-14)11-16(17-4-3-9-23-17)21(15)12-18(22)20-7-1-2-8-20/h3-6,9-11H,1-2,7-8,12H2. The van der Waals surface area contributed by atoms with Crippen molar-refractivity contribution in [2.24, 2.45) is 0 Å². The van der Waals surface area contributed by atoms with Gasteiger partial charge in [-0.05, 0) is 48.6 Å². The summed E-state index contributed by atoms with van der Waals surface area (Å²) in [5.41, 5.74) is 2.15. The summed E-state index contributed by atoms with van der Waals surface area (Å²) >= 11 is 7.82. The van der Waals surface area contributed by atoms with Crippen LogP contribution in [0.1, 0.15) is 12.8 Å². The Kier molecular flexibility index (Phi) is 3.87. The van der Waals surface area contributed by atoms with Gasteiger partial charge in [-0.2, -0.15) is 0 Å². The highest BCUT2D eigenvalue weighted by Gasteiger charge is 2.21. The molecule has 0 saturated carbocycles. The lowest BCUT2D eigenvalue weighted by Crippen LogP contribution is -2.31. The second-order valence-electron chi connectivity index (χ2n) is 5.88. The van der Waals surface area contributed by atoms with Crippen molar-refractivity contribution < 1.29 is 4.79 Å². The Bertz CT molecular complexity index is 847. The number of amides is 1. The Morgan fingerprint density at radius 2 is 2.00 bits per heavy atom. The van der Waals surface area contributed by atoms with Gasteiger partial charge in [0.15, 0.2) is 0 Å². The number of hydrogen-bond donors (Lipinski definition) is 0. The van der Waals surface area contributed by atoms with Crippen LogP contribution in [0, 0.1) is 0 Å². The van der Waals surface area contributed by atoms with Gasteiger partial charge >= 0.3 is 0 Å². The quantitative estimate of drug-likeness (QED) is 0.679. The molecule has 118 valence electrons. The molecule has 1 fully saturated rings. The van der Waals surface area contributed by atoms with E-state index in [1.807, 2.05) is 29.2 Å². The largest absolute Gasteiger partial charge is 0.341 e. The van der Waals surface area contributed by atoms with E-state index < -0.39 is 0 Å². The Morgan fingerprint density at radius 3 is 2.74 bits per heavy atom. The van der Waals surface area contributed by atoms with Crippen LogP contribution >= 0.6 is 22.9 Å². The second-order valence-corrected chi connectivity index (χ2v) is 7.27. The zero-order valence-electron chi connectivity index (χ0n) is 12.7. The average molecular weight is 345 g/mol. The molecule has 5 heteroatoms. The number of hydrogen-bond acceptors (Lipinski definition) is 2. The molecule has 3 nitrogen and oxygen atoms in total. The Labute approximate surface area is 144 Å². The number of likely N-dealkylation sites (tertiary alicyclic amines) is 1. The van der Waals surface area contributed by atoms with Crippen LogP contribution < -0.4 is 0 Å². The minimum absolute atomic E-state index is 0.202. The van der Waals surface area contributed by atoms with Crippen molar-refractivity contribution in [3.05, 3.63) is 46.8 Å². The molecule has 0 N–H and O–H groups in total. The SMILES string of the molecule is O=C(Cn1c(-c2cccs2)cc2cc(Cl)ccc21)N1CCCC1. The average Bonchev–Trinajstić information content (AvgIpc) is 3.28. The van der Waals surface area contributed by atoms with Crippen LogP contribution in [0.3, 0.4) is 0 Å². The van der Waals surface area contributed by atoms with Crippen LogP contribution in [0.5, 0.6) is 0 Å². The number of halogens is 1. The number of thiophene rings is 1. The highest BCUT2D eigenvalue weighted by Crippen LogP contribution is 2.32. The summed E-state index contributed by atoms with van der Waals surface area (Å²) in [7, 11) is 0. The maximum absolute atomic E-state index is 12.6. The third-order valence-electron chi connectivity index (χ3n) is 4.39. The van der Waals surface area contributed by atoms with Crippen molar-refractivity contribution in [2.75, 3.05) is 13.1 Å². The highest BCUT2D eigenvalue weighted by molar-refractivity contribution is 7.13. The maximum Gasteiger partial charge on any atom is 0.242 e. The van der Waals surface area contributed by atoms with Crippen molar-refractivity contribution in [1.29, 1.82) is 0 Å². The molecule has 1 aromatic carbocycles. The first-order valence-electron chi connectivity index (χ1n) is 7.83. The summed E-state index contributed by atoms with van der Waals surface area (Å²) in [6.07, 6.45) is 2.23. The van der Waals surface area contributed by atoms with Crippen LogP contribution in [0.15, 0.2) is 41.8 Å². The first kappa shape index (κ1) is 14.8. The predicted octanol–water partition coefficient (Wildman–Crippen LogP) is 4.65. The molecule has 4 rings (SSSR count). The molecule has 23 heavy (non-hydrogen) atoms. The number of carbonyl (C=O) groups is 1. The van der Waals surface area contributed by atoms with E-state index >= 15 is 0 Å². The van der Waals surface area contributed by atoms with E-state index in [0.29, 0.717) is 6.54 Å². The lowest BCUT2D eigenvalue weighted by Gasteiger charge is -2.17. The molecule has 0 radical (unpaired) electrons. The van der Waals surface area contributed by atoms with Gasteiger partial charge in [-0.25, -0.2) is 0 Å². The van der Waals surface area contributed by atoms with E-state index in [4.69, 9.17) is 11.6 Å². The lowest BCUT2D eigenvalue weighted by molar-refractivity contribution is -0.130. The van der Waals surface area contributed by atoms with Gasteiger partial charge in [0, 0.05) is 29.0 Å². The zero-order valence-corrected chi connectivity index (χ0v) is 14.2. The Balaban J connectivity index is 1.79. The van der Waals surface area contributed by atoms with E-state index in [0.717, 1.165) is 47.6 Å². The summed E-state index contributed by atoms with van der Waals surface area (Å²) < 4.78 is 2.12. The highest BCUT2D eigenvalue weighted by atomic mass is 35.5. The number of aromatic nitrogens is 1. The Morgan fingerprint density at radius 1 is 1.17 bits per heavy atom. The molecule has 2 aromatic heterocycles. The summed E-state index contributed by atoms with van der Waals surface area (Å²) in [5, 5.41) is 3.86. The van der Waals surface area contributed by atoms with Crippen LogP contribution in [-0.4, -0.2) is 28.5 Å². The minimum atomic E-state index is 0.202. The number of carbonyl (C=O) groups excluding carboxylic acids is 1. The molecule has 1 amide bonds. The molecular formula is C18H17ClN2OS. The van der Waals surface area contributed by atoms with Crippen molar-refractivity contribution in [3.8, 4) is 10.6 Å². The van der Waals surface area contributed by atoms with E-state index in [-0.39, 0.29) is 5.91 Å². The van der Waals surface area contributed by atoms with E-state index in [1.54, 1.807) is 11.3 Å². The first-order chi connectivity index (χ1) is 11.2. The summed E-state index contributed by atoms with van der Waals surface area (Å²) in [6.45, 7) is 2.16. The molecule has 0 atom stereocenters. The lowest BCUT2D eigenvalue weighted by atomic mass is 10.2. The summed E-state index contributed by atoms with van der Waals surface area (Å²) in [6, 6.07) is 12.1. The van der Waals surface area contributed by atoms with Gasteiger partial charge < -0.3 is 9.47 Å². The zero-order chi connectivity index (χ0) is 15.8. The molecule has 0 unspecified atom stereocenters. The smallest absolute Gasteiger partial charge is 0.242 e. The van der Waals surface area contributed by atoms with Gasteiger partial charge in [-0.3, -0.25) is 4.79 Å². The first-order valence-corrected chi connectivity index (χ1v) is 9.08. The molecule has 0 aliphatic carbocycles. The fourth-order valence-electron chi connectivity index (χ4n) is 3.24. The maximum atomic E-state index is 12.6. The van der Waals surface area contributed by atoms with Gasteiger partial charge in [0.1, 0.15) is 6.54 Å². The van der Waals surface area contributed by atoms with Gasteiger partial charge in [-0.1, -0.05) is 17.7 Å². The van der Waals surface area contributed by atoms with Crippen molar-refractivity contribution in [2.45, 2.75) is 19.4 Å². The topological polar surface area (TPSA) is 25.2 Å². The molecule has 1 saturated heterocycles. The minimum Gasteiger partial charge on any atom is -0.341 e. The second kappa shape index (κ2) is 6.02. The van der Waals surface area contributed by atoms with Crippen molar-refractivity contribution >= 4 is 39.7 Å². The van der Waals surface area contributed by atoms with Gasteiger partial charge in [0.25, 0.3) is 0 Å². The summed E-state index contributed by atoms with van der Waals surface area (Å²) in [4.78, 5) is 15.8. The van der Waals surface area contributed by atoms with E-state index in [2.05, 4.69) is 22.1 Å². The number of fused-ring (bicyclic) bond motifs is 1. The third kappa shape index (κ3) is 2.77. The normalized spacial score (nSPS) is 14.7. The monoisotopic (exact) mass is 344 g/mol. The molecular weight excluding hydrogens is 328 g/mol. The van der Waals surface area contributed by atoms with Gasteiger partial charge in [-0.15, -0.1) is 11.3 Å². The molecule has 0 spiro atoms. The van der Waals surface area contributed by atoms with E-state index in [1.165, 1.54) is 4.88 Å². The van der Waals surface area contributed by atoms with Gasteiger partial charge in [0.2, 0.25) is 5.91 Å². The molecule has 3 aromatic rings. The number of rotatable bonds is 3. The fraction of sp³-hybridized carbons (Fsp3) is 0.278. The molecule has 3 heterocycles.